The maximum absolute atomic E-state index is 11.1. The number of carbonyl (C=O) groups is 2. The van der Waals surface area contributed by atoms with Crippen LogP contribution < -0.4 is 5.48 Å². The van der Waals surface area contributed by atoms with E-state index in [0.717, 1.165) is 0 Å². The van der Waals surface area contributed by atoms with E-state index >= 15 is 0 Å². The zero-order chi connectivity index (χ0) is 11.1. The Balaban J connectivity index is 2.11. The van der Waals surface area contributed by atoms with E-state index in [1.54, 1.807) is 23.3 Å². The number of aromatic nitrogens is 2. The second-order valence-corrected chi connectivity index (χ2v) is 2.76. The Labute approximate surface area is 85.6 Å². The van der Waals surface area contributed by atoms with Crippen LogP contribution in [0.5, 0.6) is 0 Å². The van der Waals surface area contributed by atoms with Crippen molar-refractivity contribution in [3.63, 3.8) is 0 Å². The average molecular weight is 213 g/mol. The molecule has 0 radical (unpaired) electrons. The van der Waals surface area contributed by atoms with E-state index < -0.39 is 12.6 Å². The molecule has 0 aliphatic carbocycles. The van der Waals surface area contributed by atoms with Gasteiger partial charge in [0.05, 0.1) is 6.33 Å². The third kappa shape index (κ3) is 4.77. The molecule has 1 heterocycles. The molecule has 7 nitrogen and oxygen atoms in total. The molecule has 7 heteroatoms. The summed E-state index contributed by atoms with van der Waals surface area (Å²) in [5.41, 5.74) is 2.02. The molecule has 1 amide bonds. The van der Waals surface area contributed by atoms with Crippen molar-refractivity contribution in [3.05, 3.63) is 18.7 Å². The van der Waals surface area contributed by atoms with Crippen molar-refractivity contribution in [3.8, 4) is 0 Å². The number of carboxylic acid groups (broad SMARTS) is 1. The number of hydroxylamine groups is 1. The number of carbonyl (C=O) groups excluding carboxylic acids is 1. The molecule has 0 unspecified atom stereocenters. The number of nitrogens with one attached hydrogen (secondary N) is 1. The largest absolute Gasteiger partial charge is 0.479 e. The van der Waals surface area contributed by atoms with Crippen LogP contribution in [0, 0.1) is 0 Å². The number of rotatable bonds is 6. The molecule has 1 aromatic heterocycles. The number of nitrogens with zero attached hydrogens (tertiary/aromatic N) is 2. The first-order valence-corrected chi connectivity index (χ1v) is 4.26. The van der Waals surface area contributed by atoms with Crippen LogP contribution >= 0.6 is 0 Å². The van der Waals surface area contributed by atoms with Crippen LogP contribution in [0.15, 0.2) is 18.7 Å². The Morgan fingerprint density at radius 2 is 2.33 bits per heavy atom. The summed E-state index contributed by atoms with van der Waals surface area (Å²) in [6.45, 7) is -0.0704. The molecule has 0 saturated carbocycles. The number of aliphatic carboxylic acids is 1. The molecule has 0 spiro atoms. The molecule has 1 rings (SSSR count). The van der Waals surface area contributed by atoms with Crippen LogP contribution in [-0.2, 0) is 21.0 Å². The first kappa shape index (κ1) is 11.2. The number of amides is 1. The normalized spacial score (nSPS) is 9.87. The van der Waals surface area contributed by atoms with Crippen LogP contribution in [0.3, 0.4) is 0 Å². The molecule has 0 atom stereocenters. The second-order valence-electron chi connectivity index (χ2n) is 2.76. The summed E-state index contributed by atoms with van der Waals surface area (Å²) >= 11 is 0. The lowest BCUT2D eigenvalue weighted by Gasteiger charge is -2.03. The molecular weight excluding hydrogens is 202 g/mol. The van der Waals surface area contributed by atoms with Crippen molar-refractivity contribution in [2.45, 2.75) is 13.0 Å². The smallest absolute Gasteiger partial charge is 0.332 e. The fourth-order valence-electron chi connectivity index (χ4n) is 0.879. The highest BCUT2D eigenvalue weighted by Crippen LogP contribution is 1.90. The third-order valence-electron chi connectivity index (χ3n) is 1.54. The summed E-state index contributed by atoms with van der Waals surface area (Å²) < 4.78 is 1.73. The van der Waals surface area contributed by atoms with Gasteiger partial charge in [0, 0.05) is 25.4 Å². The van der Waals surface area contributed by atoms with Gasteiger partial charge in [-0.1, -0.05) is 0 Å². The Bertz CT molecular complexity index is 323. The summed E-state index contributed by atoms with van der Waals surface area (Å²) in [7, 11) is 0. The van der Waals surface area contributed by atoms with Crippen molar-refractivity contribution in [1.29, 1.82) is 0 Å². The van der Waals surface area contributed by atoms with Crippen LogP contribution in [0.25, 0.3) is 0 Å². The van der Waals surface area contributed by atoms with Crippen molar-refractivity contribution in [2.24, 2.45) is 0 Å². The van der Waals surface area contributed by atoms with Gasteiger partial charge in [-0.05, 0) is 0 Å². The van der Waals surface area contributed by atoms with Gasteiger partial charge in [-0.25, -0.2) is 15.3 Å². The first-order valence-electron chi connectivity index (χ1n) is 4.26. The summed E-state index contributed by atoms with van der Waals surface area (Å²) in [5, 5.41) is 8.22. The lowest BCUT2D eigenvalue weighted by atomic mass is 10.4. The Kier molecular flexibility index (Phi) is 4.30. The number of aryl methyl sites for hydroxylation is 1. The lowest BCUT2D eigenvalue weighted by Crippen LogP contribution is -2.27. The average Bonchev–Trinajstić information content (AvgIpc) is 2.66. The maximum atomic E-state index is 11.1. The summed E-state index contributed by atoms with van der Waals surface area (Å²) in [5.74, 6) is -1.50. The number of hydrogen-bond acceptors (Lipinski definition) is 4. The van der Waals surface area contributed by atoms with E-state index in [4.69, 9.17) is 5.11 Å². The third-order valence-corrected chi connectivity index (χ3v) is 1.54. The van der Waals surface area contributed by atoms with Crippen LogP contribution in [0.1, 0.15) is 6.42 Å². The summed E-state index contributed by atoms with van der Waals surface area (Å²) in [6, 6.07) is 0. The van der Waals surface area contributed by atoms with Gasteiger partial charge in [0.1, 0.15) is 0 Å². The molecule has 2 N–H and O–H groups in total. The molecule has 1 aromatic rings. The number of hydrogen-bond donors (Lipinski definition) is 2. The molecule has 0 bridgehead atoms. The van der Waals surface area contributed by atoms with Crippen LogP contribution in [-0.4, -0.2) is 33.1 Å². The molecule has 0 saturated heterocycles. The molecule has 0 aliphatic heterocycles. The van der Waals surface area contributed by atoms with Gasteiger partial charge in [0.2, 0.25) is 5.91 Å². The molecule has 0 aliphatic rings. The van der Waals surface area contributed by atoms with E-state index in [9.17, 15) is 9.59 Å². The van der Waals surface area contributed by atoms with Gasteiger partial charge in [-0.3, -0.25) is 9.63 Å². The number of imidazole rings is 1. The minimum Gasteiger partial charge on any atom is -0.479 e. The minimum atomic E-state index is -1.13. The van der Waals surface area contributed by atoms with Gasteiger partial charge in [0.25, 0.3) is 0 Å². The molecule has 0 aromatic carbocycles. The van der Waals surface area contributed by atoms with Gasteiger partial charge in [0.15, 0.2) is 6.61 Å². The van der Waals surface area contributed by atoms with Crippen molar-refractivity contribution < 1.29 is 19.5 Å². The number of carboxylic acids is 1. The highest BCUT2D eigenvalue weighted by Gasteiger charge is 2.03. The lowest BCUT2D eigenvalue weighted by molar-refractivity contribution is -0.149. The molecule has 15 heavy (non-hydrogen) atoms. The SMILES string of the molecule is O=C(O)CONC(=O)CCn1ccnc1. The van der Waals surface area contributed by atoms with Gasteiger partial charge < -0.3 is 9.67 Å². The Hall–Kier alpha value is -1.89. The zero-order valence-corrected chi connectivity index (χ0v) is 7.92. The van der Waals surface area contributed by atoms with E-state index in [0.29, 0.717) is 6.54 Å². The van der Waals surface area contributed by atoms with Gasteiger partial charge in [-0.15, -0.1) is 0 Å². The quantitative estimate of drug-likeness (QED) is 0.616. The van der Waals surface area contributed by atoms with E-state index in [2.05, 4.69) is 9.82 Å². The zero-order valence-electron chi connectivity index (χ0n) is 7.92. The Morgan fingerprint density at radius 1 is 1.53 bits per heavy atom. The van der Waals surface area contributed by atoms with E-state index in [1.165, 1.54) is 0 Å². The monoisotopic (exact) mass is 213 g/mol. The first-order chi connectivity index (χ1) is 7.18. The second kappa shape index (κ2) is 5.76. The fourth-order valence-corrected chi connectivity index (χ4v) is 0.879. The van der Waals surface area contributed by atoms with Crippen molar-refractivity contribution in [2.75, 3.05) is 6.61 Å². The van der Waals surface area contributed by atoms with Crippen molar-refractivity contribution >= 4 is 11.9 Å². The molecule has 0 fully saturated rings. The summed E-state index contributed by atoms with van der Waals surface area (Å²) in [6.07, 6.45) is 5.13. The predicted octanol–water partition coefficient (Wildman–Crippen LogP) is -0.594. The summed E-state index contributed by atoms with van der Waals surface area (Å²) in [4.78, 5) is 29.3. The highest BCUT2D eigenvalue weighted by molar-refractivity contribution is 5.75. The molecule has 82 valence electrons. The standard InChI is InChI=1S/C8H11N3O4/c12-7(10-15-5-8(13)14)1-3-11-4-2-9-6-11/h2,4,6H,1,3,5H2,(H,10,12)(H,13,14). The fraction of sp³-hybridized carbons (Fsp3) is 0.375. The van der Waals surface area contributed by atoms with Gasteiger partial charge >= 0.3 is 5.97 Å². The van der Waals surface area contributed by atoms with Gasteiger partial charge in [-0.2, -0.15) is 0 Å². The Morgan fingerprint density at radius 3 is 2.93 bits per heavy atom. The minimum absolute atomic E-state index is 0.204. The molecular formula is C8H11N3O4. The van der Waals surface area contributed by atoms with Crippen LogP contribution in [0.4, 0.5) is 0 Å². The van der Waals surface area contributed by atoms with Crippen LogP contribution in [0.2, 0.25) is 0 Å². The van der Waals surface area contributed by atoms with E-state index in [1.807, 2.05) is 5.48 Å². The highest BCUT2D eigenvalue weighted by atomic mass is 16.7. The van der Waals surface area contributed by atoms with Crippen molar-refractivity contribution in [1.82, 2.24) is 15.0 Å². The van der Waals surface area contributed by atoms with E-state index in [-0.39, 0.29) is 12.3 Å². The maximum Gasteiger partial charge on any atom is 0.332 e. The predicted molar refractivity (Wildman–Crippen MR) is 48.6 cm³/mol. The topological polar surface area (TPSA) is 93.5 Å².